The van der Waals surface area contributed by atoms with Crippen molar-refractivity contribution in [1.29, 1.82) is 0 Å². The molecule has 0 aliphatic rings. The molecule has 4 rings (SSSR count). The van der Waals surface area contributed by atoms with E-state index < -0.39 is 4.92 Å². The molecule has 0 N–H and O–H groups in total. The minimum Gasteiger partial charge on any atom is -0.456 e. The number of benzene rings is 3. The summed E-state index contributed by atoms with van der Waals surface area (Å²) in [6, 6.07) is 22.7. The SMILES string of the molecule is Cc1ccc(/C=C/c2oc3ccccc3c2/C=C/c2ccc([N+](=O)[O-])cc2)cc1. The first-order chi connectivity index (χ1) is 14.1. The number of nitro groups is 1. The molecule has 3 aromatic carbocycles. The van der Waals surface area contributed by atoms with E-state index in [-0.39, 0.29) is 5.69 Å². The number of hydrogen-bond acceptors (Lipinski definition) is 3. The highest BCUT2D eigenvalue weighted by Gasteiger charge is 2.09. The van der Waals surface area contributed by atoms with Gasteiger partial charge in [0.2, 0.25) is 0 Å². The number of para-hydroxylation sites is 1. The molecule has 1 heterocycles. The van der Waals surface area contributed by atoms with Crippen molar-refractivity contribution in [3.05, 3.63) is 111 Å². The molecule has 0 atom stereocenters. The van der Waals surface area contributed by atoms with Crippen molar-refractivity contribution in [2.45, 2.75) is 6.92 Å². The number of nitrogens with zero attached hydrogens (tertiary/aromatic N) is 1. The molecule has 4 aromatic rings. The van der Waals surface area contributed by atoms with Gasteiger partial charge < -0.3 is 4.42 Å². The summed E-state index contributed by atoms with van der Waals surface area (Å²) in [5.41, 5.74) is 5.08. The van der Waals surface area contributed by atoms with Crippen LogP contribution in [0.1, 0.15) is 28.0 Å². The van der Waals surface area contributed by atoms with Crippen LogP contribution >= 0.6 is 0 Å². The van der Waals surface area contributed by atoms with Crippen LogP contribution in [0.4, 0.5) is 5.69 Å². The van der Waals surface area contributed by atoms with Gasteiger partial charge in [-0.05, 0) is 48.4 Å². The second-order valence-corrected chi connectivity index (χ2v) is 6.80. The van der Waals surface area contributed by atoms with E-state index >= 15 is 0 Å². The first-order valence-electron chi connectivity index (χ1n) is 9.29. The number of hydrogen-bond donors (Lipinski definition) is 0. The Hall–Kier alpha value is -3.92. The van der Waals surface area contributed by atoms with Gasteiger partial charge in [-0.2, -0.15) is 0 Å². The molecule has 0 radical (unpaired) electrons. The van der Waals surface area contributed by atoms with Crippen molar-refractivity contribution in [3.8, 4) is 0 Å². The first-order valence-corrected chi connectivity index (χ1v) is 9.29. The fourth-order valence-corrected chi connectivity index (χ4v) is 3.12. The van der Waals surface area contributed by atoms with Crippen LogP contribution in [0.15, 0.2) is 77.2 Å². The normalized spacial score (nSPS) is 11.6. The molecule has 0 unspecified atom stereocenters. The summed E-state index contributed by atoms with van der Waals surface area (Å²) in [7, 11) is 0. The summed E-state index contributed by atoms with van der Waals surface area (Å²) in [5, 5.41) is 11.8. The maximum atomic E-state index is 10.8. The molecule has 4 nitrogen and oxygen atoms in total. The van der Waals surface area contributed by atoms with Crippen LogP contribution in [0.2, 0.25) is 0 Å². The van der Waals surface area contributed by atoms with Crippen LogP contribution in [0.3, 0.4) is 0 Å². The molecule has 0 saturated carbocycles. The van der Waals surface area contributed by atoms with Gasteiger partial charge in [0.1, 0.15) is 11.3 Å². The maximum Gasteiger partial charge on any atom is 0.269 e. The Morgan fingerprint density at radius 3 is 2.10 bits per heavy atom. The van der Waals surface area contributed by atoms with Crippen LogP contribution in [0.5, 0.6) is 0 Å². The maximum absolute atomic E-state index is 10.8. The number of furan rings is 1. The molecular formula is C25H19NO3. The quantitative estimate of drug-likeness (QED) is 0.276. The molecule has 0 saturated heterocycles. The molecule has 0 aliphatic heterocycles. The summed E-state index contributed by atoms with van der Waals surface area (Å²) in [6.45, 7) is 2.06. The highest BCUT2D eigenvalue weighted by molar-refractivity contribution is 5.94. The van der Waals surface area contributed by atoms with Crippen LogP contribution < -0.4 is 0 Å². The average Bonchev–Trinajstić information content (AvgIpc) is 3.09. The van der Waals surface area contributed by atoms with Crippen LogP contribution in [0.25, 0.3) is 35.3 Å². The van der Waals surface area contributed by atoms with Crippen molar-refractivity contribution < 1.29 is 9.34 Å². The van der Waals surface area contributed by atoms with Gasteiger partial charge >= 0.3 is 0 Å². The lowest BCUT2D eigenvalue weighted by molar-refractivity contribution is -0.384. The summed E-state index contributed by atoms with van der Waals surface area (Å²) in [5.74, 6) is 0.768. The third kappa shape index (κ3) is 4.17. The summed E-state index contributed by atoms with van der Waals surface area (Å²) in [4.78, 5) is 10.4. The lowest BCUT2D eigenvalue weighted by atomic mass is 10.1. The smallest absolute Gasteiger partial charge is 0.269 e. The minimum atomic E-state index is -0.398. The fourth-order valence-electron chi connectivity index (χ4n) is 3.12. The lowest BCUT2D eigenvalue weighted by Gasteiger charge is -1.96. The summed E-state index contributed by atoms with van der Waals surface area (Å²) in [6.07, 6.45) is 7.92. The third-order valence-electron chi connectivity index (χ3n) is 4.71. The van der Waals surface area contributed by atoms with Gasteiger partial charge in [0.15, 0.2) is 0 Å². The number of nitro benzene ring substituents is 1. The Labute approximate surface area is 168 Å². The second kappa shape index (κ2) is 7.98. The number of fused-ring (bicyclic) bond motifs is 1. The topological polar surface area (TPSA) is 56.3 Å². The van der Waals surface area contributed by atoms with Gasteiger partial charge in [-0.15, -0.1) is 0 Å². The Morgan fingerprint density at radius 2 is 1.41 bits per heavy atom. The zero-order valence-electron chi connectivity index (χ0n) is 15.9. The molecule has 0 fully saturated rings. The van der Waals surface area contributed by atoms with Gasteiger partial charge in [0, 0.05) is 23.1 Å². The Kier molecular flexibility index (Phi) is 5.08. The van der Waals surface area contributed by atoms with Crippen molar-refractivity contribution in [2.75, 3.05) is 0 Å². The molecule has 1 aromatic heterocycles. The predicted octanol–water partition coefficient (Wildman–Crippen LogP) is 6.99. The van der Waals surface area contributed by atoms with Crippen LogP contribution in [-0.2, 0) is 0 Å². The summed E-state index contributed by atoms with van der Waals surface area (Å²) >= 11 is 0. The first kappa shape index (κ1) is 18.4. The van der Waals surface area contributed by atoms with Gasteiger partial charge in [-0.3, -0.25) is 10.1 Å². The molecule has 0 amide bonds. The molecular weight excluding hydrogens is 362 g/mol. The van der Waals surface area contributed by atoms with Crippen molar-refractivity contribution in [3.63, 3.8) is 0 Å². The van der Waals surface area contributed by atoms with E-state index in [0.29, 0.717) is 0 Å². The Morgan fingerprint density at radius 1 is 0.793 bits per heavy atom. The van der Waals surface area contributed by atoms with E-state index in [4.69, 9.17) is 4.42 Å². The molecule has 29 heavy (non-hydrogen) atoms. The van der Waals surface area contributed by atoms with Gasteiger partial charge in [0.05, 0.1) is 4.92 Å². The van der Waals surface area contributed by atoms with Gasteiger partial charge in [-0.25, -0.2) is 0 Å². The third-order valence-corrected chi connectivity index (χ3v) is 4.71. The predicted molar refractivity (Wildman–Crippen MR) is 118 cm³/mol. The largest absolute Gasteiger partial charge is 0.456 e. The summed E-state index contributed by atoms with van der Waals surface area (Å²) < 4.78 is 6.06. The number of non-ortho nitro benzene ring substituents is 1. The standard InChI is InChI=1S/C25H19NO3/c1-18-6-8-19(9-7-18)13-17-25-23(22-4-2-3-5-24(22)29-25)16-12-20-10-14-21(15-11-20)26(27)28/h2-17H,1H3/b16-12+,17-13+. The molecule has 0 spiro atoms. The Balaban J connectivity index is 1.69. The Bertz CT molecular complexity index is 1210. The van der Waals surface area contributed by atoms with Crippen molar-refractivity contribution >= 4 is 41.0 Å². The monoisotopic (exact) mass is 381 g/mol. The van der Waals surface area contributed by atoms with E-state index in [2.05, 4.69) is 31.2 Å². The van der Waals surface area contributed by atoms with E-state index in [1.165, 1.54) is 17.7 Å². The zero-order valence-corrected chi connectivity index (χ0v) is 15.9. The molecule has 0 aliphatic carbocycles. The minimum absolute atomic E-state index is 0.0811. The average molecular weight is 381 g/mol. The number of rotatable bonds is 5. The van der Waals surface area contributed by atoms with Crippen LogP contribution in [0, 0.1) is 17.0 Å². The van der Waals surface area contributed by atoms with Gasteiger partial charge in [0.25, 0.3) is 5.69 Å². The van der Waals surface area contributed by atoms with Gasteiger partial charge in [-0.1, -0.05) is 60.2 Å². The molecule has 4 heteroatoms. The van der Waals surface area contributed by atoms with E-state index in [0.717, 1.165) is 33.4 Å². The molecule has 142 valence electrons. The molecule has 0 bridgehead atoms. The van der Waals surface area contributed by atoms with E-state index in [9.17, 15) is 10.1 Å². The van der Waals surface area contributed by atoms with Crippen LogP contribution in [-0.4, -0.2) is 4.92 Å². The van der Waals surface area contributed by atoms with Crippen molar-refractivity contribution in [1.82, 2.24) is 0 Å². The zero-order chi connectivity index (χ0) is 20.2. The number of aryl methyl sites for hydroxylation is 1. The lowest BCUT2D eigenvalue weighted by Crippen LogP contribution is -1.86. The highest BCUT2D eigenvalue weighted by atomic mass is 16.6. The van der Waals surface area contributed by atoms with E-state index in [1.807, 2.05) is 48.6 Å². The fraction of sp³-hybridized carbons (Fsp3) is 0.0400. The van der Waals surface area contributed by atoms with Crippen molar-refractivity contribution in [2.24, 2.45) is 0 Å². The highest BCUT2D eigenvalue weighted by Crippen LogP contribution is 2.29. The van der Waals surface area contributed by atoms with E-state index in [1.54, 1.807) is 12.1 Å². The second-order valence-electron chi connectivity index (χ2n) is 6.80.